The number of hydrazine groups is 1. The van der Waals surface area contributed by atoms with Crippen LogP contribution in [0.4, 0.5) is 0 Å². The molecule has 3 rings (SSSR count). The summed E-state index contributed by atoms with van der Waals surface area (Å²) in [5.41, 5.74) is 6.48. The quantitative estimate of drug-likeness (QED) is 0.759. The number of para-hydroxylation sites is 1. The average Bonchev–Trinajstić information content (AvgIpc) is 2.77. The van der Waals surface area contributed by atoms with Crippen molar-refractivity contribution < 1.29 is 19.1 Å². The number of nitrogens with one attached hydrogen (secondary N) is 2. The summed E-state index contributed by atoms with van der Waals surface area (Å²) in [5, 5.41) is 0. The van der Waals surface area contributed by atoms with Gasteiger partial charge in [0.1, 0.15) is 5.75 Å². The predicted molar refractivity (Wildman–Crippen MR) is 108 cm³/mol. The SMILES string of the molecule is Cc1ccc(C(=O)NNC(=O)C2CCN(C(=O)COc3ccccc3)CC2)cc1. The van der Waals surface area contributed by atoms with E-state index in [9.17, 15) is 14.4 Å². The molecule has 7 nitrogen and oxygen atoms in total. The highest BCUT2D eigenvalue weighted by molar-refractivity contribution is 5.95. The molecule has 0 radical (unpaired) electrons. The van der Waals surface area contributed by atoms with Crippen LogP contribution in [0.3, 0.4) is 0 Å². The second-order valence-corrected chi connectivity index (χ2v) is 7.07. The van der Waals surface area contributed by atoms with E-state index in [1.54, 1.807) is 29.2 Å². The van der Waals surface area contributed by atoms with Crippen LogP contribution in [-0.4, -0.2) is 42.3 Å². The van der Waals surface area contributed by atoms with Gasteiger partial charge < -0.3 is 9.64 Å². The lowest BCUT2D eigenvalue weighted by Gasteiger charge is -2.31. The van der Waals surface area contributed by atoms with Crippen LogP contribution >= 0.6 is 0 Å². The third-order valence-corrected chi connectivity index (χ3v) is 4.94. The molecule has 1 heterocycles. The van der Waals surface area contributed by atoms with Crippen molar-refractivity contribution >= 4 is 17.7 Å². The number of rotatable bonds is 5. The topological polar surface area (TPSA) is 87.7 Å². The van der Waals surface area contributed by atoms with Gasteiger partial charge in [-0.05, 0) is 44.0 Å². The summed E-state index contributed by atoms with van der Waals surface area (Å²) in [6.45, 7) is 2.89. The summed E-state index contributed by atoms with van der Waals surface area (Å²) in [5.74, 6) is -0.283. The van der Waals surface area contributed by atoms with Crippen LogP contribution in [0.1, 0.15) is 28.8 Å². The molecule has 0 atom stereocenters. The molecule has 0 aromatic heterocycles. The second-order valence-electron chi connectivity index (χ2n) is 7.07. The lowest BCUT2D eigenvalue weighted by Crippen LogP contribution is -2.48. The van der Waals surface area contributed by atoms with Crippen LogP contribution in [0.15, 0.2) is 54.6 Å². The Kier molecular flexibility index (Phi) is 6.84. The number of piperidine rings is 1. The number of aryl methyl sites for hydroxylation is 1. The molecule has 0 saturated carbocycles. The first-order valence-corrected chi connectivity index (χ1v) is 9.65. The van der Waals surface area contributed by atoms with Crippen LogP contribution in [0.2, 0.25) is 0 Å². The van der Waals surface area contributed by atoms with Gasteiger partial charge in [0, 0.05) is 24.6 Å². The smallest absolute Gasteiger partial charge is 0.269 e. The fraction of sp³-hybridized carbons (Fsp3) is 0.318. The molecule has 2 aromatic rings. The number of ether oxygens (including phenoxy) is 1. The summed E-state index contributed by atoms with van der Waals surface area (Å²) < 4.78 is 5.49. The van der Waals surface area contributed by atoms with Gasteiger partial charge in [-0.2, -0.15) is 0 Å². The number of likely N-dealkylation sites (tertiary alicyclic amines) is 1. The molecular weight excluding hydrogens is 370 g/mol. The van der Waals surface area contributed by atoms with E-state index in [0.29, 0.717) is 37.2 Å². The number of nitrogens with zero attached hydrogens (tertiary/aromatic N) is 1. The lowest BCUT2D eigenvalue weighted by molar-refractivity contribution is -0.137. The van der Waals surface area contributed by atoms with E-state index in [4.69, 9.17) is 4.74 Å². The first-order valence-electron chi connectivity index (χ1n) is 9.65. The molecule has 0 unspecified atom stereocenters. The molecule has 3 amide bonds. The highest BCUT2D eigenvalue weighted by Crippen LogP contribution is 2.18. The molecule has 0 spiro atoms. The van der Waals surface area contributed by atoms with Gasteiger partial charge in [0.05, 0.1) is 0 Å². The molecule has 1 aliphatic rings. The molecule has 0 bridgehead atoms. The second kappa shape index (κ2) is 9.73. The van der Waals surface area contributed by atoms with Gasteiger partial charge in [0.25, 0.3) is 11.8 Å². The maximum Gasteiger partial charge on any atom is 0.269 e. The summed E-state index contributed by atoms with van der Waals surface area (Å²) in [7, 11) is 0. The van der Waals surface area contributed by atoms with Crippen LogP contribution in [-0.2, 0) is 9.59 Å². The zero-order valence-corrected chi connectivity index (χ0v) is 16.4. The van der Waals surface area contributed by atoms with E-state index in [2.05, 4.69) is 10.9 Å². The average molecular weight is 395 g/mol. The van der Waals surface area contributed by atoms with Gasteiger partial charge >= 0.3 is 0 Å². The Morgan fingerprint density at radius 1 is 0.966 bits per heavy atom. The summed E-state index contributed by atoms with van der Waals surface area (Å²) in [4.78, 5) is 38.4. The van der Waals surface area contributed by atoms with Crippen molar-refractivity contribution in [2.24, 2.45) is 5.92 Å². The van der Waals surface area contributed by atoms with Crippen molar-refractivity contribution in [1.29, 1.82) is 0 Å². The van der Waals surface area contributed by atoms with Gasteiger partial charge in [-0.3, -0.25) is 25.2 Å². The van der Waals surface area contributed by atoms with Crippen LogP contribution < -0.4 is 15.6 Å². The highest BCUT2D eigenvalue weighted by Gasteiger charge is 2.27. The van der Waals surface area contributed by atoms with Crippen LogP contribution in [0, 0.1) is 12.8 Å². The van der Waals surface area contributed by atoms with Crippen molar-refractivity contribution in [3.05, 3.63) is 65.7 Å². The highest BCUT2D eigenvalue weighted by atomic mass is 16.5. The molecule has 7 heteroatoms. The fourth-order valence-electron chi connectivity index (χ4n) is 3.14. The van der Waals surface area contributed by atoms with E-state index in [-0.39, 0.29) is 30.2 Å². The zero-order chi connectivity index (χ0) is 20.6. The Balaban J connectivity index is 1.39. The summed E-state index contributed by atoms with van der Waals surface area (Å²) >= 11 is 0. The van der Waals surface area contributed by atoms with E-state index >= 15 is 0 Å². The van der Waals surface area contributed by atoms with E-state index < -0.39 is 0 Å². The van der Waals surface area contributed by atoms with E-state index in [1.165, 1.54) is 0 Å². The van der Waals surface area contributed by atoms with E-state index in [0.717, 1.165) is 5.56 Å². The first kappa shape index (κ1) is 20.4. The number of carbonyl (C=O) groups excluding carboxylic acids is 3. The zero-order valence-electron chi connectivity index (χ0n) is 16.4. The van der Waals surface area contributed by atoms with Crippen molar-refractivity contribution in [3.8, 4) is 5.75 Å². The fourth-order valence-corrected chi connectivity index (χ4v) is 3.14. The van der Waals surface area contributed by atoms with Gasteiger partial charge in [0.2, 0.25) is 5.91 Å². The molecule has 1 aliphatic heterocycles. The molecule has 1 saturated heterocycles. The van der Waals surface area contributed by atoms with E-state index in [1.807, 2.05) is 37.3 Å². The van der Waals surface area contributed by atoms with Crippen LogP contribution in [0.25, 0.3) is 0 Å². The Labute approximate surface area is 170 Å². The molecule has 29 heavy (non-hydrogen) atoms. The number of carbonyl (C=O) groups is 3. The van der Waals surface area contributed by atoms with Crippen LogP contribution in [0.5, 0.6) is 5.75 Å². The van der Waals surface area contributed by atoms with Gasteiger partial charge in [-0.15, -0.1) is 0 Å². The third-order valence-electron chi connectivity index (χ3n) is 4.94. The first-order chi connectivity index (χ1) is 14.0. The Bertz CT molecular complexity index is 844. The maximum atomic E-state index is 12.3. The number of benzene rings is 2. The van der Waals surface area contributed by atoms with Crippen molar-refractivity contribution in [3.63, 3.8) is 0 Å². The Hall–Kier alpha value is -3.35. The van der Waals surface area contributed by atoms with Crippen molar-refractivity contribution in [2.45, 2.75) is 19.8 Å². The molecule has 152 valence electrons. The monoisotopic (exact) mass is 395 g/mol. The minimum atomic E-state index is -0.357. The summed E-state index contributed by atoms with van der Waals surface area (Å²) in [6.07, 6.45) is 1.09. The minimum absolute atomic E-state index is 0.0204. The molecule has 2 N–H and O–H groups in total. The normalized spacial score (nSPS) is 14.2. The Morgan fingerprint density at radius 2 is 1.62 bits per heavy atom. The summed E-state index contributed by atoms with van der Waals surface area (Å²) in [6, 6.07) is 16.3. The van der Waals surface area contributed by atoms with Gasteiger partial charge in [0.15, 0.2) is 6.61 Å². The van der Waals surface area contributed by atoms with Crippen molar-refractivity contribution in [1.82, 2.24) is 15.8 Å². The van der Waals surface area contributed by atoms with Gasteiger partial charge in [-0.1, -0.05) is 35.9 Å². The maximum absolute atomic E-state index is 12.3. The molecule has 1 fully saturated rings. The molecular formula is C22H25N3O4. The standard InChI is InChI=1S/C22H25N3O4/c1-16-7-9-17(10-8-16)21(27)23-24-22(28)18-11-13-25(14-12-18)20(26)15-29-19-5-3-2-4-6-19/h2-10,18H,11-15H2,1H3,(H,23,27)(H,24,28). The molecule has 2 aromatic carbocycles. The predicted octanol–water partition coefficient (Wildman–Crippen LogP) is 2.07. The molecule has 0 aliphatic carbocycles. The van der Waals surface area contributed by atoms with Crippen molar-refractivity contribution in [2.75, 3.05) is 19.7 Å². The number of hydrogen-bond donors (Lipinski definition) is 2. The minimum Gasteiger partial charge on any atom is -0.484 e. The number of hydrogen-bond acceptors (Lipinski definition) is 4. The largest absolute Gasteiger partial charge is 0.484 e. The number of amides is 3. The Morgan fingerprint density at radius 3 is 2.28 bits per heavy atom. The van der Waals surface area contributed by atoms with Gasteiger partial charge in [-0.25, -0.2) is 0 Å². The third kappa shape index (κ3) is 5.81. The lowest BCUT2D eigenvalue weighted by atomic mass is 9.96.